The Morgan fingerprint density at radius 1 is 1.09 bits per heavy atom. The van der Waals surface area contributed by atoms with Crippen LogP contribution in [0.3, 0.4) is 0 Å². The van der Waals surface area contributed by atoms with Crippen molar-refractivity contribution < 1.29 is 14.3 Å². The molecule has 0 fully saturated rings. The number of nitro benzene ring substituents is 2. The zero-order valence-electron chi connectivity index (χ0n) is 16.5. The smallest absolute Gasteiger partial charge is 0.270 e. The fourth-order valence-corrected chi connectivity index (χ4v) is 4.05. The van der Waals surface area contributed by atoms with Crippen molar-refractivity contribution in [1.29, 1.82) is 5.26 Å². The van der Waals surface area contributed by atoms with Gasteiger partial charge in [0.2, 0.25) is 0 Å². The quantitative estimate of drug-likeness (QED) is 0.173. The van der Waals surface area contributed by atoms with Crippen LogP contribution in [-0.4, -0.2) is 14.8 Å². The summed E-state index contributed by atoms with van der Waals surface area (Å²) in [6, 6.07) is 15.5. The van der Waals surface area contributed by atoms with E-state index in [1.165, 1.54) is 47.7 Å². The van der Waals surface area contributed by atoms with Gasteiger partial charge in [-0.3, -0.25) is 20.2 Å². The molecule has 4 rings (SSSR count). The van der Waals surface area contributed by atoms with Crippen LogP contribution in [-0.2, 0) is 0 Å². The Kier molecular flexibility index (Phi) is 5.99. The third-order valence-electron chi connectivity index (χ3n) is 4.55. The molecule has 0 aliphatic rings. The zero-order valence-corrected chi connectivity index (χ0v) is 18.0. The van der Waals surface area contributed by atoms with Crippen LogP contribution < -0.4 is 0 Å². The Hall–Kier alpha value is -4.33. The lowest BCUT2D eigenvalue weighted by atomic mass is 10.1. The van der Waals surface area contributed by atoms with Crippen LogP contribution in [0.15, 0.2) is 64.4 Å². The van der Waals surface area contributed by atoms with Gasteiger partial charge < -0.3 is 4.42 Å². The summed E-state index contributed by atoms with van der Waals surface area (Å²) in [5.74, 6) is 0.748. The van der Waals surface area contributed by atoms with Crippen molar-refractivity contribution in [2.45, 2.75) is 0 Å². The molecule has 2 heterocycles. The van der Waals surface area contributed by atoms with E-state index in [2.05, 4.69) is 11.1 Å². The van der Waals surface area contributed by atoms with E-state index in [1.54, 1.807) is 29.6 Å². The molecule has 0 unspecified atom stereocenters. The Morgan fingerprint density at radius 3 is 2.55 bits per heavy atom. The largest absolute Gasteiger partial charge is 0.457 e. The Morgan fingerprint density at radius 2 is 1.85 bits per heavy atom. The van der Waals surface area contributed by atoms with Crippen molar-refractivity contribution in [3.05, 3.63) is 96.0 Å². The first-order chi connectivity index (χ1) is 15.9. The second kappa shape index (κ2) is 9.04. The molecule has 0 saturated heterocycles. The van der Waals surface area contributed by atoms with E-state index in [0.717, 1.165) is 0 Å². The number of nitriles is 1. The molecule has 2 aromatic carbocycles. The SMILES string of the molecule is N#C/C(=C\c1ccc(-c2ccc([N+](=O)[O-])cc2Cl)o1)c1nc(-c2cccc([N+](=O)[O-])c2)cs1. The average Bonchev–Trinajstić information content (AvgIpc) is 3.47. The van der Waals surface area contributed by atoms with Gasteiger partial charge in [-0.05, 0) is 18.2 Å². The van der Waals surface area contributed by atoms with E-state index in [-0.39, 0.29) is 22.0 Å². The number of halogens is 1. The van der Waals surface area contributed by atoms with E-state index in [9.17, 15) is 25.5 Å². The maximum absolute atomic E-state index is 11.0. The van der Waals surface area contributed by atoms with Gasteiger partial charge in [-0.15, -0.1) is 11.3 Å². The number of thiazole rings is 1. The topological polar surface area (TPSA) is 136 Å². The Balaban J connectivity index is 1.62. The predicted molar refractivity (Wildman–Crippen MR) is 123 cm³/mol. The third-order valence-corrected chi connectivity index (χ3v) is 5.74. The van der Waals surface area contributed by atoms with E-state index >= 15 is 0 Å². The average molecular weight is 479 g/mol. The van der Waals surface area contributed by atoms with Gasteiger partial charge in [0.15, 0.2) is 0 Å². The highest BCUT2D eigenvalue weighted by molar-refractivity contribution is 7.11. The first-order valence-corrected chi connectivity index (χ1v) is 10.5. The summed E-state index contributed by atoms with van der Waals surface area (Å²) in [6.07, 6.45) is 1.51. The lowest BCUT2D eigenvalue weighted by Crippen LogP contribution is -1.88. The van der Waals surface area contributed by atoms with Crippen LogP contribution in [0.25, 0.3) is 34.2 Å². The molecule has 0 spiro atoms. The second-order valence-corrected chi connectivity index (χ2v) is 7.90. The lowest BCUT2D eigenvalue weighted by molar-refractivity contribution is -0.385. The molecule has 33 heavy (non-hydrogen) atoms. The second-order valence-electron chi connectivity index (χ2n) is 6.64. The summed E-state index contributed by atoms with van der Waals surface area (Å²) < 4.78 is 5.76. The highest BCUT2D eigenvalue weighted by Crippen LogP contribution is 2.34. The zero-order chi connectivity index (χ0) is 23.5. The van der Waals surface area contributed by atoms with E-state index < -0.39 is 9.85 Å². The van der Waals surface area contributed by atoms with Gasteiger partial charge in [-0.25, -0.2) is 4.98 Å². The van der Waals surface area contributed by atoms with Gasteiger partial charge in [-0.1, -0.05) is 23.7 Å². The summed E-state index contributed by atoms with van der Waals surface area (Å²) in [5, 5.41) is 33.8. The number of allylic oxidation sites excluding steroid dienone is 1. The van der Waals surface area contributed by atoms with Gasteiger partial charge in [0.25, 0.3) is 11.4 Å². The fourth-order valence-electron chi connectivity index (χ4n) is 2.99. The molecule has 0 bridgehead atoms. The van der Waals surface area contributed by atoms with Crippen LogP contribution in [0.4, 0.5) is 11.4 Å². The molecule has 0 aliphatic carbocycles. The van der Waals surface area contributed by atoms with Crippen LogP contribution in [0, 0.1) is 31.6 Å². The minimum atomic E-state index is -0.541. The normalized spacial score (nSPS) is 11.2. The highest BCUT2D eigenvalue weighted by Gasteiger charge is 2.15. The number of aromatic nitrogens is 1. The number of hydrogen-bond donors (Lipinski definition) is 0. The molecule has 4 aromatic rings. The predicted octanol–water partition coefficient (Wildman–Crippen LogP) is 6.60. The number of hydrogen-bond acceptors (Lipinski definition) is 8. The number of nitrogens with zero attached hydrogens (tertiary/aromatic N) is 4. The van der Waals surface area contributed by atoms with E-state index in [1.807, 2.05) is 0 Å². The highest BCUT2D eigenvalue weighted by atomic mass is 35.5. The fraction of sp³-hybridized carbons (Fsp3) is 0. The van der Waals surface area contributed by atoms with Crippen LogP contribution in [0.2, 0.25) is 5.02 Å². The maximum Gasteiger partial charge on any atom is 0.270 e. The summed E-state index contributed by atoms with van der Waals surface area (Å²) in [6.45, 7) is 0. The van der Waals surface area contributed by atoms with Gasteiger partial charge in [0.05, 0.1) is 26.1 Å². The van der Waals surface area contributed by atoms with E-state index in [4.69, 9.17) is 16.0 Å². The molecule has 0 N–H and O–H groups in total. The Bertz CT molecular complexity index is 1470. The summed E-state index contributed by atoms with van der Waals surface area (Å²) in [7, 11) is 0. The molecule has 2 aromatic heterocycles. The van der Waals surface area contributed by atoms with Crippen molar-refractivity contribution in [1.82, 2.24) is 4.98 Å². The number of non-ortho nitro benzene ring substituents is 2. The molecule has 0 atom stereocenters. The minimum absolute atomic E-state index is 0.0499. The van der Waals surface area contributed by atoms with Gasteiger partial charge in [0.1, 0.15) is 22.6 Å². The first-order valence-electron chi connectivity index (χ1n) is 9.22. The monoisotopic (exact) mass is 478 g/mol. The van der Waals surface area contributed by atoms with Crippen molar-refractivity contribution >= 4 is 46.0 Å². The lowest BCUT2D eigenvalue weighted by Gasteiger charge is -2.00. The molecule has 0 radical (unpaired) electrons. The molecule has 0 saturated carbocycles. The molecule has 0 amide bonds. The van der Waals surface area contributed by atoms with Crippen molar-refractivity contribution in [2.24, 2.45) is 0 Å². The molecular weight excluding hydrogens is 468 g/mol. The third kappa shape index (κ3) is 4.64. The number of rotatable bonds is 6. The molecular formula is C22H11ClN4O5S. The van der Waals surface area contributed by atoms with Crippen LogP contribution in [0.5, 0.6) is 0 Å². The first kappa shape index (κ1) is 21.9. The molecule has 162 valence electrons. The number of benzene rings is 2. The summed E-state index contributed by atoms with van der Waals surface area (Å²) in [4.78, 5) is 25.3. The van der Waals surface area contributed by atoms with Gasteiger partial charge >= 0.3 is 0 Å². The van der Waals surface area contributed by atoms with Gasteiger partial charge in [-0.2, -0.15) is 5.26 Å². The van der Waals surface area contributed by atoms with Crippen molar-refractivity contribution in [3.8, 4) is 28.7 Å². The minimum Gasteiger partial charge on any atom is -0.457 e. The van der Waals surface area contributed by atoms with Crippen LogP contribution in [0.1, 0.15) is 10.8 Å². The summed E-state index contributed by atoms with van der Waals surface area (Å²) in [5.41, 5.74) is 1.61. The number of furan rings is 1. The molecule has 9 nitrogen and oxygen atoms in total. The molecule has 11 heteroatoms. The maximum atomic E-state index is 11.0. The summed E-state index contributed by atoms with van der Waals surface area (Å²) >= 11 is 7.38. The standard InChI is InChI=1S/C22H11ClN4O5S/c23-19-10-16(27(30)31)4-6-18(19)21-7-5-17(32-21)9-14(11-24)22-25-20(12-33-22)13-2-1-3-15(8-13)26(28)29/h1-10,12H/b14-9+. The van der Waals surface area contributed by atoms with E-state index in [0.29, 0.717) is 33.3 Å². The van der Waals surface area contributed by atoms with Crippen molar-refractivity contribution in [3.63, 3.8) is 0 Å². The van der Waals surface area contributed by atoms with Gasteiger partial charge in [0, 0.05) is 46.8 Å². The Labute approximate surface area is 195 Å². The van der Waals surface area contributed by atoms with Crippen molar-refractivity contribution in [2.75, 3.05) is 0 Å². The molecule has 0 aliphatic heterocycles. The van der Waals surface area contributed by atoms with Crippen LogP contribution >= 0.6 is 22.9 Å². The number of nitro groups is 2.